The summed E-state index contributed by atoms with van der Waals surface area (Å²) in [6.45, 7) is 5.94. The van der Waals surface area contributed by atoms with E-state index in [2.05, 4.69) is 17.2 Å². The molecule has 6 nitrogen and oxygen atoms in total. The quantitative estimate of drug-likeness (QED) is 0.596. The Hall–Kier alpha value is -2.08. The molecule has 2 rings (SSSR count). The van der Waals surface area contributed by atoms with Gasteiger partial charge in [0.25, 0.3) is 6.29 Å². The average Bonchev–Trinajstić information content (AvgIpc) is 2.53. The number of allylic oxidation sites excluding steroid dienone is 2. The Balaban J connectivity index is 2.19. The van der Waals surface area contributed by atoms with Gasteiger partial charge in [0.15, 0.2) is 0 Å². The Morgan fingerprint density at radius 3 is 2.91 bits per heavy atom. The second-order valence-electron chi connectivity index (χ2n) is 5.58. The molecule has 0 saturated carbocycles. The second kappa shape index (κ2) is 7.97. The molecule has 0 aliphatic carbocycles. The molecule has 0 saturated heterocycles. The molecule has 1 aliphatic heterocycles. The van der Waals surface area contributed by atoms with Crippen molar-refractivity contribution in [2.45, 2.75) is 58.8 Å². The third kappa shape index (κ3) is 4.45. The molecule has 0 spiro atoms. The van der Waals surface area contributed by atoms with Crippen LogP contribution in [0.2, 0.25) is 0 Å². The van der Waals surface area contributed by atoms with Gasteiger partial charge in [0.2, 0.25) is 5.91 Å². The highest BCUT2D eigenvalue weighted by molar-refractivity contribution is 5.93. The number of hydrogen-bond donors (Lipinski definition) is 2. The van der Waals surface area contributed by atoms with Gasteiger partial charge in [-0.3, -0.25) is 4.79 Å². The Morgan fingerprint density at radius 2 is 2.26 bits per heavy atom. The van der Waals surface area contributed by atoms with Crippen LogP contribution in [0.25, 0.3) is 0 Å². The summed E-state index contributed by atoms with van der Waals surface area (Å²) in [6, 6.07) is 1.48. The van der Waals surface area contributed by atoms with Crippen molar-refractivity contribution in [3.8, 4) is 5.75 Å². The molecule has 1 unspecified atom stereocenters. The van der Waals surface area contributed by atoms with Crippen molar-refractivity contribution in [1.29, 1.82) is 0 Å². The largest absolute Gasteiger partial charge is 0.458 e. The number of carbonyl (C=O) groups is 1. The van der Waals surface area contributed by atoms with Crippen LogP contribution in [0.3, 0.4) is 0 Å². The molecule has 1 aromatic rings. The highest BCUT2D eigenvalue weighted by Gasteiger charge is 2.24. The summed E-state index contributed by atoms with van der Waals surface area (Å²) < 4.78 is 11.9. The first-order valence-electron chi connectivity index (χ1n) is 8.10. The minimum absolute atomic E-state index is 0.0266. The SMILES string of the molecule is CC/C=C(\CC)OC(Oc1ccnc2c1CCC(=O)N2)[C@H](C)N. The van der Waals surface area contributed by atoms with E-state index in [-0.39, 0.29) is 11.9 Å². The van der Waals surface area contributed by atoms with E-state index in [1.54, 1.807) is 12.3 Å². The van der Waals surface area contributed by atoms with Crippen molar-refractivity contribution < 1.29 is 14.3 Å². The molecular formula is C17H25N3O3. The summed E-state index contributed by atoms with van der Waals surface area (Å²) in [5.41, 5.74) is 6.91. The molecular weight excluding hydrogens is 294 g/mol. The predicted molar refractivity (Wildman–Crippen MR) is 89.0 cm³/mol. The summed E-state index contributed by atoms with van der Waals surface area (Å²) in [5.74, 6) is 2.05. The van der Waals surface area contributed by atoms with Gasteiger partial charge in [0.1, 0.15) is 11.6 Å². The summed E-state index contributed by atoms with van der Waals surface area (Å²) >= 11 is 0. The number of carbonyl (C=O) groups excluding carboxylic acids is 1. The number of anilines is 1. The van der Waals surface area contributed by atoms with Gasteiger partial charge in [-0.1, -0.05) is 13.8 Å². The summed E-state index contributed by atoms with van der Waals surface area (Å²) in [6.07, 6.45) is 5.76. The summed E-state index contributed by atoms with van der Waals surface area (Å²) in [7, 11) is 0. The van der Waals surface area contributed by atoms with Crippen molar-refractivity contribution >= 4 is 11.7 Å². The molecule has 3 N–H and O–H groups in total. The van der Waals surface area contributed by atoms with Gasteiger partial charge in [0, 0.05) is 24.6 Å². The molecule has 1 aromatic heterocycles. The lowest BCUT2D eigenvalue weighted by Crippen LogP contribution is -2.38. The van der Waals surface area contributed by atoms with Crippen LogP contribution in [0.5, 0.6) is 5.75 Å². The number of nitrogens with one attached hydrogen (secondary N) is 1. The van der Waals surface area contributed by atoms with Gasteiger partial charge in [-0.2, -0.15) is 0 Å². The smallest absolute Gasteiger partial charge is 0.255 e. The number of hydrogen-bond acceptors (Lipinski definition) is 5. The molecule has 0 fully saturated rings. The lowest BCUT2D eigenvalue weighted by Gasteiger charge is -2.27. The Kier molecular flexibility index (Phi) is 5.98. The second-order valence-corrected chi connectivity index (χ2v) is 5.58. The molecule has 0 aromatic carbocycles. The van der Waals surface area contributed by atoms with Crippen LogP contribution in [0.4, 0.5) is 5.82 Å². The third-order valence-electron chi connectivity index (χ3n) is 3.59. The van der Waals surface area contributed by atoms with E-state index >= 15 is 0 Å². The molecule has 2 atom stereocenters. The van der Waals surface area contributed by atoms with Gasteiger partial charge in [-0.05, 0) is 31.9 Å². The maximum Gasteiger partial charge on any atom is 0.255 e. The van der Waals surface area contributed by atoms with Gasteiger partial charge in [-0.15, -0.1) is 0 Å². The van der Waals surface area contributed by atoms with E-state index in [1.165, 1.54) is 0 Å². The topological polar surface area (TPSA) is 86.5 Å². The Morgan fingerprint density at radius 1 is 1.48 bits per heavy atom. The lowest BCUT2D eigenvalue weighted by molar-refractivity contribution is -0.116. The Bertz CT molecular complexity index is 584. The molecule has 126 valence electrons. The number of fused-ring (bicyclic) bond motifs is 1. The predicted octanol–water partition coefficient (Wildman–Crippen LogP) is 2.74. The van der Waals surface area contributed by atoms with Crippen LogP contribution in [0.1, 0.15) is 45.6 Å². The number of rotatable bonds is 7. The molecule has 1 amide bonds. The number of ether oxygens (including phenoxy) is 2. The lowest BCUT2D eigenvalue weighted by atomic mass is 10.1. The van der Waals surface area contributed by atoms with Crippen LogP contribution < -0.4 is 15.8 Å². The number of nitrogens with zero attached hydrogens (tertiary/aromatic N) is 1. The Labute approximate surface area is 137 Å². The molecule has 1 aliphatic rings. The number of nitrogens with two attached hydrogens (primary N) is 1. The van der Waals surface area contributed by atoms with Crippen molar-refractivity contribution in [3.05, 3.63) is 29.7 Å². The average molecular weight is 319 g/mol. The zero-order valence-corrected chi connectivity index (χ0v) is 14.0. The monoisotopic (exact) mass is 319 g/mol. The van der Waals surface area contributed by atoms with Gasteiger partial charge in [-0.25, -0.2) is 4.98 Å². The first-order chi connectivity index (χ1) is 11.0. The molecule has 0 bridgehead atoms. The fourth-order valence-corrected chi connectivity index (χ4v) is 2.38. The number of aromatic nitrogens is 1. The standard InChI is InChI=1S/C17H25N3O3/c1-4-6-12(5-2)22-17(11(3)18)23-14-9-10-19-16-13(14)7-8-15(21)20-16/h6,9-11,17H,4-5,7-8,18H2,1-3H3,(H,19,20,21)/b12-6+/t11-,17?/m0/s1. The molecule has 2 heterocycles. The summed E-state index contributed by atoms with van der Waals surface area (Å²) in [5, 5.41) is 2.76. The first-order valence-corrected chi connectivity index (χ1v) is 8.10. The van der Waals surface area contributed by atoms with E-state index in [1.807, 2.05) is 19.9 Å². The summed E-state index contributed by atoms with van der Waals surface area (Å²) in [4.78, 5) is 15.7. The highest BCUT2D eigenvalue weighted by atomic mass is 16.7. The van der Waals surface area contributed by atoms with E-state index in [0.717, 1.165) is 24.2 Å². The van der Waals surface area contributed by atoms with Crippen LogP contribution in [-0.4, -0.2) is 23.2 Å². The van der Waals surface area contributed by atoms with Crippen LogP contribution >= 0.6 is 0 Å². The van der Waals surface area contributed by atoms with E-state index < -0.39 is 6.29 Å². The number of amides is 1. The van der Waals surface area contributed by atoms with Gasteiger partial charge >= 0.3 is 0 Å². The highest BCUT2D eigenvalue weighted by Crippen LogP contribution is 2.30. The zero-order valence-electron chi connectivity index (χ0n) is 14.0. The van der Waals surface area contributed by atoms with Crippen molar-refractivity contribution in [2.75, 3.05) is 5.32 Å². The zero-order chi connectivity index (χ0) is 16.8. The normalized spacial score (nSPS) is 17.0. The first kappa shape index (κ1) is 17.3. The van der Waals surface area contributed by atoms with Gasteiger partial charge in [0.05, 0.1) is 11.8 Å². The van der Waals surface area contributed by atoms with Crippen LogP contribution in [0, 0.1) is 0 Å². The van der Waals surface area contributed by atoms with Crippen molar-refractivity contribution in [3.63, 3.8) is 0 Å². The van der Waals surface area contributed by atoms with E-state index in [9.17, 15) is 4.79 Å². The van der Waals surface area contributed by atoms with E-state index in [4.69, 9.17) is 15.2 Å². The fraction of sp³-hybridized carbons (Fsp3) is 0.529. The number of pyridine rings is 1. The van der Waals surface area contributed by atoms with Crippen LogP contribution in [0.15, 0.2) is 24.1 Å². The minimum atomic E-state index is -0.586. The molecule has 0 radical (unpaired) electrons. The fourth-order valence-electron chi connectivity index (χ4n) is 2.38. The minimum Gasteiger partial charge on any atom is -0.458 e. The van der Waals surface area contributed by atoms with Crippen LogP contribution in [-0.2, 0) is 16.0 Å². The maximum atomic E-state index is 11.5. The van der Waals surface area contributed by atoms with Crippen molar-refractivity contribution in [1.82, 2.24) is 4.98 Å². The molecule has 23 heavy (non-hydrogen) atoms. The third-order valence-corrected chi connectivity index (χ3v) is 3.59. The maximum absolute atomic E-state index is 11.5. The van der Waals surface area contributed by atoms with Crippen molar-refractivity contribution in [2.24, 2.45) is 5.73 Å². The molecule has 6 heteroatoms. The van der Waals surface area contributed by atoms with Gasteiger partial charge < -0.3 is 20.5 Å². The van der Waals surface area contributed by atoms with E-state index in [0.29, 0.717) is 24.4 Å².